The van der Waals surface area contributed by atoms with Crippen molar-refractivity contribution in [2.24, 2.45) is 0 Å². The first-order valence-corrected chi connectivity index (χ1v) is 6.54. The number of hydrogen-bond donors (Lipinski definition) is 1. The molecule has 0 saturated carbocycles. The summed E-state index contributed by atoms with van der Waals surface area (Å²) in [6, 6.07) is 9.68. The lowest BCUT2D eigenvalue weighted by Crippen LogP contribution is -2.05. The minimum atomic E-state index is -0.150. The minimum Gasteiger partial charge on any atom is -0.316 e. The molecule has 1 N–H and O–H groups in total. The van der Waals surface area contributed by atoms with Gasteiger partial charge in [-0.15, -0.1) is 0 Å². The number of aryl methyl sites for hydroxylation is 3. The maximum atomic E-state index is 14.3. The van der Waals surface area contributed by atoms with Crippen molar-refractivity contribution in [1.82, 2.24) is 5.32 Å². The SMILES string of the molecule is CNCc1ccc(-c2c(C)cc(C)cc2C)c(F)c1. The molecule has 0 aliphatic rings. The third-order valence-corrected chi connectivity index (χ3v) is 3.36. The highest BCUT2D eigenvalue weighted by molar-refractivity contribution is 5.72. The van der Waals surface area contributed by atoms with Gasteiger partial charge in [0.05, 0.1) is 0 Å². The van der Waals surface area contributed by atoms with Gasteiger partial charge in [-0.05, 0) is 56.1 Å². The van der Waals surface area contributed by atoms with Crippen LogP contribution in [0.1, 0.15) is 22.3 Å². The van der Waals surface area contributed by atoms with Crippen LogP contribution in [0.15, 0.2) is 30.3 Å². The lowest BCUT2D eigenvalue weighted by atomic mass is 9.93. The number of hydrogen-bond acceptors (Lipinski definition) is 1. The fourth-order valence-electron chi connectivity index (χ4n) is 2.68. The lowest BCUT2D eigenvalue weighted by molar-refractivity contribution is 0.627. The first-order valence-electron chi connectivity index (χ1n) is 6.54. The Kier molecular flexibility index (Phi) is 4.01. The Morgan fingerprint density at radius 1 is 1.00 bits per heavy atom. The molecule has 0 amide bonds. The summed E-state index contributed by atoms with van der Waals surface area (Å²) < 4.78 is 14.3. The second kappa shape index (κ2) is 5.54. The fraction of sp³-hybridized carbons (Fsp3) is 0.294. The lowest BCUT2D eigenvalue weighted by Gasteiger charge is -2.13. The standard InChI is InChI=1S/C17H20FN/c1-11-7-12(2)17(13(3)8-11)15-6-5-14(10-19-4)9-16(15)18/h5-9,19H,10H2,1-4H3. The maximum Gasteiger partial charge on any atom is 0.131 e. The maximum absolute atomic E-state index is 14.3. The average molecular weight is 257 g/mol. The second-order valence-electron chi connectivity index (χ2n) is 5.12. The Morgan fingerprint density at radius 3 is 2.16 bits per heavy atom. The molecule has 2 rings (SSSR count). The third kappa shape index (κ3) is 2.85. The molecule has 1 nitrogen and oxygen atoms in total. The minimum absolute atomic E-state index is 0.150. The molecule has 0 heterocycles. The third-order valence-electron chi connectivity index (χ3n) is 3.36. The molecule has 0 atom stereocenters. The van der Waals surface area contributed by atoms with E-state index >= 15 is 0 Å². The summed E-state index contributed by atoms with van der Waals surface area (Å²) in [6.45, 7) is 6.83. The van der Waals surface area contributed by atoms with E-state index in [0.717, 1.165) is 22.3 Å². The Balaban J connectivity index is 2.53. The summed E-state index contributed by atoms with van der Waals surface area (Å²) in [5, 5.41) is 3.03. The molecule has 0 fully saturated rings. The number of benzene rings is 2. The predicted molar refractivity (Wildman–Crippen MR) is 78.8 cm³/mol. The molecule has 0 saturated heterocycles. The van der Waals surface area contributed by atoms with Crippen LogP contribution >= 0.6 is 0 Å². The van der Waals surface area contributed by atoms with E-state index in [2.05, 4.69) is 24.4 Å². The van der Waals surface area contributed by atoms with Gasteiger partial charge in [-0.3, -0.25) is 0 Å². The van der Waals surface area contributed by atoms with E-state index in [9.17, 15) is 4.39 Å². The van der Waals surface area contributed by atoms with Crippen molar-refractivity contribution in [2.45, 2.75) is 27.3 Å². The van der Waals surface area contributed by atoms with Crippen LogP contribution in [-0.4, -0.2) is 7.05 Å². The van der Waals surface area contributed by atoms with E-state index in [4.69, 9.17) is 0 Å². The first kappa shape index (κ1) is 13.8. The average Bonchev–Trinajstić information content (AvgIpc) is 2.31. The van der Waals surface area contributed by atoms with Crippen LogP contribution in [0.25, 0.3) is 11.1 Å². The molecule has 19 heavy (non-hydrogen) atoms. The van der Waals surface area contributed by atoms with Gasteiger partial charge in [0.15, 0.2) is 0 Å². The van der Waals surface area contributed by atoms with Crippen LogP contribution in [0.2, 0.25) is 0 Å². The van der Waals surface area contributed by atoms with Gasteiger partial charge in [-0.25, -0.2) is 4.39 Å². The largest absolute Gasteiger partial charge is 0.316 e. The van der Waals surface area contributed by atoms with Crippen LogP contribution in [0, 0.1) is 26.6 Å². The van der Waals surface area contributed by atoms with Crippen LogP contribution in [0.3, 0.4) is 0 Å². The summed E-state index contributed by atoms with van der Waals surface area (Å²) in [5.74, 6) is -0.150. The van der Waals surface area contributed by atoms with Crippen molar-refractivity contribution >= 4 is 0 Å². The molecule has 0 spiro atoms. The van der Waals surface area contributed by atoms with Gasteiger partial charge in [-0.2, -0.15) is 0 Å². The molecule has 2 aromatic carbocycles. The molecular formula is C17H20FN. The van der Waals surface area contributed by atoms with Gasteiger partial charge in [0.2, 0.25) is 0 Å². The quantitative estimate of drug-likeness (QED) is 0.871. The number of nitrogens with one attached hydrogen (secondary N) is 1. The van der Waals surface area contributed by atoms with Crippen molar-refractivity contribution in [3.63, 3.8) is 0 Å². The fourth-order valence-corrected chi connectivity index (χ4v) is 2.68. The highest BCUT2D eigenvalue weighted by Crippen LogP contribution is 2.30. The van der Waals surface area contributed by atoms with Crippen LogP contribution in [0.5, 0.6) is 0 Å². The van der Waals surface area contributed by atoms with E-state index < -0.39 is 0 Å². The first-order chi connectivity index (χ1) is 9.02. The summed E-state index contributed by atoms with van der Waals surface area (Å²) in [4.78, 5) is 0. The van der Waals surface area contributed by atoms with E-state index in [1.54, 1.807) is 6.07 Å². The van der Waals surface area contributed by atoms with Gasteiger partial charge >= 0.3 is 0 Å². The van der Waals surface area contributed by atoms with Crippen LogP contribution in [0.4, 0.5) is 4.39 Å². The molecule has 0 aliphatic carbocycles. The number of halogens is 1. The summed E-state index contributed by atoms with van der Waals surface area (Å²) in [5.41, 5.74) is 6.13. The molecule has 100 valence electrons. The van der Waals surface area contributed by atoms with Crippen molar-refractivity contribution in [1.29, 1.82) is 0 Å². The zero-order valence-electron chi connectivity index (χ0n) is 12.0. The summed E-state index contributed by atoms with van der Waals surface area (Å²) >= 11 is 0. The Labute approximate surface area is 114 Å². The van der Waals surface area contributed by atoms with Crippen molar-refractivity contribution in [3.05, 3.63) is 58.4 Å². The molecule has 0 radical (unpaired) electrons. The van der Waals surface area contributed by atoms with Gasteiger partial charge in [0, 0.05) is 12.1 Å². The van der Waals surface area contributed by atoms with Crippen LogP contribution in [-0.2, 0) is 6.54 Å². The molecule has 0 bridgehead atoms. The normalized spacial score (nSPS) is 10.8. The Morgan fingerprint density at radius 2 is 1.63 bits per heavy atom. The van der Waals surface area contributed by atoms with E-state index in [1.165, 1.54) is 5.56 Å². The smallest absolute Gasteiger partial charge is 0.131 e. The van der Waals surface area contributed by atoms with E-state index in [1.807, 2.05) is 33.0 Å². The molecule has 0 aromatic heterocycles. The van der Waals surface area contributed by atoms with Crippen LogP contribution < -0.4 is 5.32 Å². The van der Waals surface area contributed by atoms with Gasteiger partial charge in [0.25, 0.3) is 0 Å². The van der Waals surface area contributed by atoms with Gasteiger partial charge < -0.3 is 5.32 Å². The molecule has 0 unspecified atom stereocenters. The molecule has 2 heteroatoms. The predicted octanol–water partition coefficient (Wildman–Crippen LogP) is 4.14. The molecule has 0 aliphatic heterocycles. The van der Waals surface area contributed by atoms with Crippen molar-refractivity contribution in [2.75, 3.05) is 7.05 Å². The van der Waals surface area contributed by atoms with E-state index in [-0.39, 0.29) is 5.82 Å². The zero-order valence-corrected chi connectivity index (χ0v) is 12.0. The zero-order chi connectivity index (χ0) is 14.0. The van der Waals surface area contributed by atoms with Gasteiger partial charge in [-0.1, -0.05) is 29.8 Å². The second-order valence-corrected chi connectivity index (χ2v) is 5.12. The van der Waals surface area contributed by atoms with Crippen molar-refractivity contribution < 1.29 is 4.39 Å². The number of rotatable bonds is 3. The topological polar surface area (TPSA) is 12.0 Å². The molecular weight excluding hydrogens is 237 g/mol. The summed E-state index contributed by atoms with van der Waals surface area (Å²) in [7, 11) is 1.86. The van der Waals surface area contributed by atoms with Crippen molar-refractivity contribution in [3.8, 4) is 11.1 Å². The monoisotopic (exact) mass is 257 g/mol. The summed E-state index contributed by atoms with van der Waals surface area (Å²) in [6.07, 6.45) is 0. The molecule has 2 aromatic rings. The Hall–Kier alpha value is -1.67. The van der Waals surface area contributed by atoms with Gasteiger partial charge in [0.1, 0.15) is 5.82 Å². The Bertz CT molecular complexity index is 579. The van der Waals surface area contributed by atoms with E-state index in [0.29, 0.717) is 12.1 Å². The highest BCUT2D eigenvalue weighted by atomic mass is 19.1. The highest BCUT2D eigenvalue weighted by Gasteiger charge is 2.11.